The Hall–Kier alpha value is -2.92. The number of benzene rings is 2. The fourth-order valence-electron chi connectivity index (χ4n) is 3.35. The molecule has 0 saturated carbocycles. The van der Waals surface area contributed by atoms with Crippen LogP contribution in [0.4, 0.5) is 18.9 Å². The fourth-order valence-corrected chi connectivity index (χ4v) is 4.64. The molecule has 3 aromatic rings. The first-order chi connectivity index (χ1) is 15.7. The minimum absolute atomic E-state index is 0.00162. The molecule has 1 aliphatic heterocycles. The van der Waals surface area contributed by atoms with Crippen LogP contribution < -0.4 is 15.5 Å². The zero-order valence-electron chi connectivity index (χ0n) is 17.5. The minimum Gasteiger partial charge on any atom is -0.494 e. The number of alkyl halides is 3. The monoisotopic (exact) mass is 497 g/mol. The molecule has 2 unspecified atom stereocenters. The lowest BCUT2D eigenvalue weighted by molar-refractivity contribution is -0.137. The number of halogens is 4. The largest absolute Gasteiger partial charge is 0.494 e. The Bertz CT molecular complexity index is 1170. The zero-order chi connectivity index (χ0) is 23.8. The van der Waals surface area contributed by atoms with Crippen LogP contribution in [0.25, 0.3) is 0 Å². The van der Waals surface area contributed by atoms with E-state index in [2.05, 4.69) is 20.9 Å². The maximum atomic E-state index is 13.3. The number of nitrogens with zero attached hydrogens (tertiary/aromatic N) is 3. The zero-order valence-corrected chi connectivity index (χ0v) is 19.1. The van der Waals surface area contributed by atoms with Crippen LogP contribution >= 0.6 is 23.4 Å². The topological polar surface area (TPSA) is 81.1 Å². The highest BCUT2D eigenvalue weighted by Gasteiger charge is 2.38. The molecule has 2 aromatic carbocycles. The van der Waals surface area contributed by atoms with E-state index >= 15 is 0 Å². The molecule has 0 radical (unpaired) electrons. The fraction of sp³-hybridized carbons (Fsp3) is 0.286. The Morgan fingerprint density at radius 3 is 2.64 bits per heavy atom. The second-order valence-corrected chi connectivity index (χ2v) is 8.71. The number of rotatable bonds is 5. The molecular formula is C21H19ClF3N5O2S. The summed E-state index contributed by atoms with van der Waals surface area (Å²) in [7, 11) is 0. The molecule has 0 aliphatic carbocycles. The average Bonchev–Trinajstić information content (AvgIpc) is 3.14. The van der Waals surface area contributed by atoms with Gasteiger partial charge in [-0.05, 0) is 49.7 Å². The van der Waals surface area contributed by atoms with Gasteiger partial charge in [-0.1, -0.05) is 35.5 Å². The first kappa shape index (κ1) is 23.2. The number of thioether (sulfide) groups is 1. The van der Waals surface area contributed by atoms with Crippen LogP contribution in [0.15, 0.2) is 47.6 Å². The molecule has 2 N–H and O–H groups in total. The quantitative estimate of drug-likeness (QED) is 0.513. The van der Waals surface area contributed by atoms with E-state index in [1.807, 2.05) is 19.1 Å². The standard InChI is InChI=1S/C21H19ClF3N5O2S/c1-3-32-14-7-4-12(5-8-14)17-18(33-20-28-27-11(2)30(20)29-17)19(31)26-16-10-13(21(23,24)25)6-9-15(16)22/h4-10,17-18,29H,3H2,1-2H3,(H,26,31). The summed E-state index contributed by atoms with van der Waals surface area (Å²) in [5.74, 6) is 0.760. The molecule has 0 fully saturated rings. The van der Waals surface area contributed by atoms with Crippen molar-refractivity contribution in [1.29, 1.82) is 0 Å². The highest BCUT2D eigenvalue weighted by molar-refractivity contribution is 8.00. The van der Waals surface area contributed by atoms with Gasteiger partial charge in [0.1, 0.15) is 16.8 Å². The lowest BCUT2D eigenvalue weighted by Gasteiger charge is -2.33. The Morgan fingerprint density at radius 1 is 1.24 bits per heavy atom. The molecule has 2 atom stereocenters. The normalized spacial score (nSPS) is 17.8. The van der Waals surface area contributed by atoms with Crippen LogP contribution in [0.3, 0.4) is 0 Å². The van der Waals surface area contributed by atoms with E-state index in [-0.39, 0.29) is 10.7 Å². The molecule has 4 rings (SSSR count). The second-order valence-electron chi connectivity index (χ2n) is 7.19. The van der Waals surface area contributed by atoms with Gasteiger partial charge in [-0.2, -0.15) is 13.2 Å². The van der Waals surface area contributed by atoms with Crippen LogP contribution in [-0.4, -0.2) is 32.6 Å². The van der Waals surface area contributed by atoms with Crippen molar-refractivity contribution in [3.05, 3.63) is 64.4 Å². The third-order valence-electron chi connectivity index (χ3n) is 4.96. The van der Waals surface area contributed by atoms with Crippen molar-refractivity contribution in [2.75, 3.05) is 17.3 Å². The van der Waals surface area contributed by atoms with Crippen molar-refractivity contribution in [3.8, 4) is 5.75 Å². The van der Waals surface area contributed by atoms with Gasteiger partial charge in [0.2, 0.25) is 11.1 Å². The maximum absolute atomic E-state index is 13.3. The highest BCUT2D eigenvalue weighted by atomic mass is 35.5. The lowest BCUT2D eigenvalue weighted by Crippen LogP contribution is -2.41. The molecule has 0 saturated heterocycles. The van der Waals surface area contributed by atoms with Gasteiger partial charge in [-0.3, -0.25) is 4.79 Å². The van der Waals surface area contributed by atoms with Gasteiger partial charge >= 0.3 is 6.18 Å². The van der Waals surface area contributed by atoms with E-state index in [9.17, 15) is 18.0 Å². The van der Waals surface area contributed by atoms with Gasteiger partial charge in [0.25, 0.3) is 0 Å². The smallest absolute Gasteiger partial charge is 0.416 e. The molecule has 0 bridgehead atoms. The number of aromatic nitrogens is 3. The van der Waals surface area contributed by atoms with Crippen molar-refractivity contribution >= 4 is 35.0 Å². The lowest BCUT2D eigenvalue weighted by atomic mass is 10.0. The number of carbonyl (C=O) groups is 1. The summed E-state index contributed by atoms with van der Waals surface area (Å²) in [6.45, 7) is 4.16. The second kappa shape index (κ2) is 9.14. The third kappa shape index (κ3) is 4.88. The molecule has 7 nitrogen and oxygen atoms in total. The van der Waals surface area contributed by atoms with E-state index in [0.29, 0.717) is 23.3 Å². The number of hydrogen-bond donors (Lipinski definition) is 2. The Morgan fingerprint density at radius 2 is 1.97 bits per heavy atom. The predicted molar refractivity (Wildman–Crippen MR) is 119 cm³/mol. The van der Waals surface area contributed by atoms with Crippen LogP contribution in [0.1, 0.15) is 29.9 Å². The summed E-state index contributed by atoms with van der Waals surface area (Å²) in [6.07, 6.45) is -4.57. The van der Waals surface area contributed by atoms with Gasteiger partial charge in [0, 0.05) is 0 Å². The van der Waals surface area contributed by atoms with E-state index in [0.717, 1.165) is 35.5 Å². The number of carbonyl (C=O) groups excluding carboxylic acids is 1. The molecule has 2 heterocycles. The molecule has 1 aliphatic rings. The molecule has 33 heavy (non-hydrogen) atoms. The SMILES string of the molecule is CCOc1ccc(C2Nn3c(C)nnc3SC2C(=O)Nc2cc(C(F)(F)F)ccc2Cl)cc1. The van der Waals surface area contributed by atoms with E-state index < -0.39 is 28.9 Å². The van der Waals surface area contributed by atoms with Crippen LogP contribution in [0, 0.1) is 6.92 Å². The van der Waals surface area contributed by atoms with E-state index in [1.165, 1.54) is 0 Å². The van der Waals surface area contributed by atoms with Crippen molar-refractivity contribution < 1.29 is 22.7 Å². The summed E-state index contributed by atoms with van der Waals surface area (Å²) in [5.41, 5.74) is 2.99. The van der Waals surface area contributed by atoms with Crippen molar-refractivity contribution in [2.24, 2.45) is 0 Å². The molecule has 1 amide bonds. The number of nitrogens with one attached hydrogen (secondary N) is 2. The van der Waals surface area contributed by atoms with Crippen LogP contribution in [-0.2, 0) is 11.0 Å². The Balaban J connectivity index is 1.65. The van der Waals surface area contributed by atoms with E-state index in [1.54, 1.807) is 23.7 Å². The molecule has 1 aromatic heterocycles. The summed E-state index contributed by atoms with van der Waals surface area (Å²) >= 11 is 7.23. The maximum Gasteiger partial charge on any atom is 0.416 e. The Labute approximate surface area is 196 Å². The average molecular weight is 498 g/mol. The molecule has 0 spiro atoms. The number of aryl methyl sites for hydroxylation is 1. The van der Waals surface area contributed by atoms with Gasteiger partial charge in [-0.25, -0.2) is 4.68 Å². The van der Waals surface area contributed by atoms with Gasteiger partial charge < -0.3 is 15.5 Å². The van der Waals surface area contributed by atoms with Crippen molar-refractivity contribution in [3.63, 3.8) is 0 Å². The predicted octanol–water partition coefficient (Wildman–Crippen LogP) is 5.06. The van der Waals surface area contributed by atoms with Crippen LogP contribution in [0.5, 0.6) is 5.75 Å². The minimum atomic E-state index is -4.57. The number of hydrogen-bond acceptors (Lipinski definition) is 6. The summed E-state index contributed by atoms with van der Waals surface area (Å²) in [6, 6.07) is 9.49. The van der Waals surface area contributed by atoms with E-state index in [4.69, 9.17) is 16.3 Å². The summed E-state index contributed by atoms with van der Waals surface area (Å²) in [4.78, 5) is 13.3. The summed E-state index contributed by atoms with van der Waals surface area (Å²) < 4.78 is 46.5. The number of amides is 1. The summed E-state index contributed by atoms with van der Waals surface area (Å²) in [5, 5.41) is 10.3. The van der Waals surface area contributed by atoms with Gasteiger partial charge in [-0.15, -0.1) is 10.2 Å². The van der Waals surface area contributed by atoms with Crippen molar-refractivity contribution in [1.82, 2.24) is 14.9 Å². The van der Waals surface area contributed by atoms with Crippen LogP contribution in [0.2, 0.25) is 5.02 Å². The third-order valence-corrected chi connectivity index (χ3v) is 6.50. The number of anilines is 1. The van der Waals surface area contributed by atoms with Gasteiger partial charge in [0.05, 0.1) is 28.9 Å². The number of ether oxygens (including phenoxy) is 1. The number of fused-ring (bicyclic) bond motifs is 1. The Kier molecular flexibility index (Phi) is 6.44. The molecule has 12 heteroatoms. The first-order valence-electron chi connectivity index (χ1n) is 9.93. The van der Waals surface area contributed by atoms with Crippen molar-refractivity contribution in [2.45, 2.75) is 36.5 Å². The molecular weight excluding hydrogens is 479 g/mol. The molecule has 174 valence electrons. The van der Waals surface area contributed by atoms with Gasteiger partial charge in [0.15, 0.2) is 0 Å². The first-order valence-corrected chi connectivity index (χ1v) is 11.2. The highest BCUT2D eigenvalue weighted by Crippen LogP contribution is 2.39.